The molecule has 16 aromatic rings. The number of aryl methyl sites for hydroxylation is 8. The number of nitrogens with two attached hydrogens (primary N) is 1. The number of amides is 4. The van der Waals surface area contributed by atoms with E-state index in [4.69, 9.17) is 15.2 Å². The van der Waals surface area contributed by atoms with E-state index < -0.39 is 0 Å². The van der Waals surface area contributed by atoms with E-state index in [0.717, 1.165) is 229 Å². The van der Waals surface area contributed by atoms with Gasteiger partial charge in [-0.25, -0.2) is 4.98 Å². The van der Waals surface area contributed by atoms with Crippen molar-refractivity contribution < 1.29 is 44.0 Å². The molecule has 6 unspecified atom stereocenters. The Balaban J connectivity index is 0.000000131. The third-order valence-corrected chi connectivity index (χ3v) is 27.2. The summed E-state index contributed by atoms with van der Waals surface area (Å²) in [6.45, 7) is 32.5. The highest BCUT2D eigenvalue weighted by Crippen LogP contribution is 2.35. The molecular weight excluding hydrogens is 1790 g/mol. The van der Waals surface area contributed by atoms with Crippen LogP contribution in [0.15, 0.2) is 280 Å². The van der Waals surface area contributed by atoms with Gasteiger partial charge in [-0.1, -0.05) is 57.2 Å². The number of carbonyl (C=O) groups excluding carboxylic acids is 4. The van der Waals surface area contributed by atoms with E-state index in [-0.39, 0.29) is 65.7 Å². The number of aliphatic hydroxyl groups is 3. The molecule has 0 radical (unpaired) electrons. The maximum Gasteiger partial charge on any atom is 0.255 e. The number of piperidine rings is 4. The highest BCUT2D eigenvalue weighted by molar-refractivity contribution is 6.08. The second-order valence-electron chi connectivity index (χ2n) is 39.5. The molecule has 4 saturated heterocycles. The number of aliphatic hydroxyl groups excluding tert-OH is 3. The van der Waals surface area contributed by atoms with E-state index in [9.17, 15) is 34.5 Å². The molecule has 4 aliphatic rings. The standard InChI is InChI=1S/C32H35N3O3.C31H35N5O2.C27H31N5O2.C27H30N4O2/c1-22-11-14-35(19-22)28-16-25(21-34-13-12-30(36)24(3)20-34)15-27(18-28)33-32(37)26-10-9-23(2)31(17-26)38-29-7-5-4-6-8-29;1-21-10-12-36(18-21)28-14-24(19-35-11-4-5-26(32)20-35)13-27(16-28)34-31(37)25-8-6-22(2)30(15-25)38-29-9-7-23(3)33-17-29;1-17-6-9-32(14-17)23-11-20(16-31-8-7-26(33)18(2)15-31)10-22(13-23)30-27(34)21-4-5-24-25(12-21)29-19(3)28-24;1-18-6-10-31(15-18)24-12-20(17-30-9-7-26(32)19(2)16-30)11-23(14-24)29-27(33)22-4-3-21-5-8-28-25(21)13-22/h4-11,14-19,24,30,36H,12-13,20-21H2,1-3H3,(H,33,37);6-10,12-18,26H,4-5,11,19-20,32H2,1-3H3,(H,34,37);4-6,9-14,18,26,33H,7-8,15-16H2,1-3H3,(H,28,29)(H,30,34);3-6,8,10-15,19,26,28,32H,7,9,16-17H2,1-2H3,(H,29,33)/t;26-;;/m.0../s1. The maximum atomic E-state index is 13.4. The van der Waals surface area contributed by atoms with Crippen LogP contribution in [0.3, 0.4) is 0 Å². The van der Waals surface area contributed by atoms with Crippen molar-refractivity contribution in [2.24, 2.45) is 23.5 Å². The summed E-state index contributed by atoms with van der Waals surface area (Å²) in [6.07, 6.45) is 23.9. The van der Waals surface area contributed by atoms with Gasteiger partial charge in [0.15, 0.2) is 0 Å². The smallest absolute Gasteiger partial charge is 0.255 e. The first kappa shape index (κ1) is 100.0. The van der Waals surface area contributed by atoms with Crippen molar-refractivity contribution in [1.82, 2.24) is 57.8 Å². The Labute approximate surface area is 836 Å². The lowest BCUT2D eigenvalue weighted by Crippen LogP contribution is -2.42. The van der Waals surface area contributed by atoms with Gasteiger partial charge in [-0.2, -0.15) is 0 Å². The van der Waals surface area contributed by atoms with Crippen LogP contribution in [0, 0.1) is 73.1 Å². The summed E-state index contributed by atoms with van der Waals surface area (Å²) in [7, 11) is 0. The lowest BCUT2D eigenvalue weighted by atomic mass is 9.96. The zero-order chi connectivity index (χ0) is 100. The molecule has 0 aliphatic carbocycles. The molecule has 9 aromatic carbocycles. The molecule has 7 aromatic heterocycles. The average Bonchev–Trinajstić information content (AvgIpc) is 1.80. The van der Waals surface area contributed by atoms with E-state index >= 15 is 0 Å². The summed E-state index contributed by atoms with van der Waals surface area (Å²) in [5.74, 6) is 3.56. The first-order valence-electron chi connectivity index (χ1n) is 49.6. The Kier molecular flexibility index (Phi) is 31.8. The molecule has 143 heavy (non-hydrogen) atoms. The summed E-state index contributed by atoms with van der Waals surface area (Å²) < 4.78 is 20.4. The highest BCUT2D eigenvalue weighted by Gasteiger charge is 2.29. The molecule has 7 atom stereocenters. The van der Waals surface area contributed by atoms with E-state index in [1.807, 2.05) is 198 Å². The van der Waals surface area contributed by atoms with Gasteiger partial charge in [-0.3, -0.25) is 43.8 Å². The van der Waals surface area contributed by atoms with Gasteiger partial charge in [0.05, 0.1) is 35.5 Å². The summed E-state index contributed by atoms with van der Waals surface area (Å²) in [5.41, 5.74) is 30.2. The zero-order valence-electron chi connectivity index (χ0n) is 83.5. The topological polar surface area (TPSA) is 312 Å². The van der Waals surface area contributed by atoms with Crippen LogP contribution in [-0.2, 0) is 26.2 Å². The highest BCUT2D eigenvalue weighted by atomic mass is 16.5. The van der Waals surface area contributed by atoms with Crippen molar-refractivity contribution >= 4 is 68.3 Å². The minimum atomic E-state index is -0.236. The minimum Gasteiger partial charge on any atom is -0.457 e. The third-order valence-electron chi connectivity index (χ3n) is 27.2. The number of rotatable bonds is 24. The predicted molar refractivity (Wildman–Crippen MR) is 569 cm³/mol. The Morgan fingerprint density at radius 2 is 0.783 bits per heavy atom. The number of hydrogen-bond acceptors (Lipinski definition) is 16. The van der Waals surface area contributed by atoms with Gasteiger partial charge in [0.1, 0.15) is 28.8 Å². The van der Waals surface area contributed by atoms with Gasteiger partial charge < -0.3 is 80.0 Å². The number of pyridine rings is 1. The molecule has 4 fully saturated rings. The van der Waals surface area contributed by atoms with E-state index in [2.05, 4.69) is 213 Å². The van der Waals surface area contributed by atoms with Gasteiger partial charge >= 0.3 is 0 Å². The molecule has 0 bridgehead atoms. The zero-order valence-corrected chi connectivity index (χ0v) is 83.5. The van der Waals surface area contributed by atoms with Gasteiger partial charge in [0.25, 0.3) is 23.6 Å². The summed E-state index contributed by atoms with van der Waals surface area (Å²) in [5, 5.41) is 43.8. The van der Waals surface area contributed by atoms with Gasteiger partial charge in [-0.05, 0) is 355 Å². The second kappa shape index (κ2) is 45.6. The third kappa shape index (κ3) is 26.6. The van der Waals surface area contributed by atoms with Crippen molar-refractivity contribution in [2.45, 2.75) is 159 Å². The molecule has 4 aliphatic heterocycles. The van der Waals surface area contributed by atoms with Crippen LogP contribution in [0.5, 0.6) is 23.0 Å². The van der Waals surface area contributed by atoms with Gasteiger partial charge in [0.2, 0.25) is 0 Å². The van der Waals surface area contributed by atoms with Crippen LogP contribution < -0.4 is 36.5 Å². The lowest BCUT2D eigenvalue weighted by Gasteiger charge is -2.34. The van der Waals surface area contributed by atoms with Crippen LogP contribution in [0.25, 0.3) is 44.7 Å². The number of H-pyrrole nitrogens is 2. The second-order valence-corrected chi connectivity index (χ2v) is 39.5. The number of likely N-dealkylation sites (tertiary alicyclic amines) is 4. The number of imidazole rings is 1. The van der Waals surface area contributed by atoms with Crippen molar-refractivity contribution in [3.05, 3.63) is 370 Å². The number of carbonyl (C=O) groups is 4. The van der Waals surface area contributed by atoms with Crippen LogP contribution in [-0.4, -0.2) is 173 Å². The van der Waals surface area contributed by atoms with Crippen molar-refractivity contribution in [3.8, 4) is 45.7 Å². The van der Waals surface area contributed by atoms with Crippen molar-refractivity contribution in [1.29, 1.82) is 0 Å². The number of ether oxygens (including phenoxy) is 2. The predicted octanol–water partition coefficient (Wildman–Crippen LogP) is 21.3. The van der Waals surface area contributed by atoms with Crippen LogP contribution in [0.2, 0.25) is 0 Å². The molecule has 20 rings (SSSR count). The lowest BCUT2D eigenvalue weighted by molar-refractivity contribution is 0.0319. The molecule has 738 valence electrons. The first-order chi connectivity index (χ1) is 68.9. The van der Waals surface area contributed by atoms with E-state index in [1.165, 1.54) is 22.3 Å². The summed E-state index contributed by atoms with van der Waals surface area (Å²) >= 11 is 0. The molecule has 4 amide bonds. The Morgan fingerprint density at radius 3 is 1.17 bits per heavy atom. The number of aromatic nitrogens is 8. The number of nitrogens with one attached hydrogen (secondary N) is 6. The fraction of sp³-hybridized carbons (Fsp3) is 0.299. The molecule has 26 nitrogen and oxygen atoms in total. The molecule has 26 heteroatoms. The minimum absolute atomic E-state index is 0.131. The largest absolute Gasteiger partial charge is 0.457 e. The van der Waals surface area contributed by atoms with E-state index in [0.29, 0.717) is 39.5 Å². The Bertz CT molecular complexity index is 7150. The first-order valence-corrected chi connectivity index (χ1v) is 49.6. The number of nitrogens with zero attached hydrogens (tertiary/aromatic N) is 10. The molecule has 11 heterocycles. The SMILES string of the molecule is Cc1ccn(-c2cc(CN3CCC(O)C(C)C3)cc(NC(=O)c3ccc(C)c(Oc4ccccc4)c3)c2)c1.Cc1ccn(-c2cc(CN3CCC(O)C(C)C3)cc(NC(=O)c3ccc4cc[nH]c4c3)c2)c1.Cc1ccn(-c2cc(CN3CCC(O)C(C)C3)cc(NC(=O)c3ccc4nc(C)[nH]c4c3)c2)c1.Cc1ccn(-c2cc(CN3CCC[C@H](N)C3)cc(NC(=O)c3ccc(C)c(Oc4ccc(C)nc4)c3)c2)c1. The normalized spacial score (nSPS) is 17.9. The van der Waals surface area contributed by atoms with Crippen LogP contribution in [0.1, 0.15) is 161 Å². The molecule has 0 saturated carbocycles. The number of hydrogen-bond donors (Lipinski definition) is 10. The fourth-order valence-corrected chi connectivity index (χ4v) is 19.2. The van der Waals surface area contributed by atoms with Gasteiger partial charge in [0, 0.05) is 213 Å². The van der Waals surface area contributed by atoms with Crippen molar-refractivity contribution in [2.75, 3.05) is 73.6 Å². The number of anilines is 4. The maximum absolute atomic E-state index is 13.4. The molecule has 11 N–H and O–H groups in total. The van der Waals surface area contributed by atoms with Crippen LogP contribution in [0.4, 0.5) is 22.7 Å². The monoisotopic (exact) mass is 1920 g/mol. The summed E-state index contributed by atoms with van der Waals surface area (Å²) in [6, 6.07) is 71.0. The van der Waals surface area contributed by atoms with Crippen LogP contribution >= 0.6 is 0 Å². The van der Waals surface area contributed by atoms with Crippen molar-refractivity contribution in [3.63, 3.8) is 0 Å². The summed E-state index contributed by atoms with van der Waals surface area (Å²) in [4.78, 5) is 77.4. The molecule has 0 spiro atoms. The Morgan fingerprint density at radius 1 is 0.399 bits per heavy atom. The van der Waals surface area contributed by atoms with Gasteiger partial charge in [-0.15, -0.1) is 0 Å². The quantitative estimate of drug-likeness (QED) is 0.0269. The molecular formula is C117H131N17O9. The number of benzene rings is 9. The Hall–Kier alpha value is -14.6. The number of fused-ring (bicyclic) bond motifs is 2. The average molecular weight is 1920 g/mol. The number of aromatic amines is 2. The fourth-order valence-electron chi connectivity index (χ4n) is 19.2. The van der Waals surface area contributed by atoms with E-state index in [1.54, 1.807) is 24.4 Å². The number of para-hydroxylation sites is 1.